The molecule has 0 N–H and O–H groups in total. The third-order valence-corrected chi connectivity index (χ3v) is 3.35. The van der Waals surface area contributed by atoms with Crippen molar-refractivity contribution >= 4 is 17.1 Å². The Bertz CT molecular complexity index is 582. The van der Waals surface area contributed by atoms with E-state index in [-0.39, 0.29) is 16.9 Å². The van der Waals surface area contributed by atoms with Crippen LogP contribution in [0.3, 0.4) is 0 Å². The van der Waals surface area contributed by atoms with Gasteiger partial charge in [0.15, 0.2) is 5.78 Å². The van der Waals surface area contributed by atoms with Gasteiger partial charge in [-0.05, 0) is 30.5 Å². The van der Waals surface area contributed by atoms with E-state index in [9.17, 15) is 9.59 Å². The molecule has 2 heterocycles. The van der Waals surface area contributed by atoms with Gasteiger partial charge in [0.2, 0.25) is 0 Å². The second-order valence-electron chi connectivity index (χ2n) is 3.53. The third-order valence-electron chi connectivity index (χ3n) is 2.46. The van der Waals surface area contributed by atoms with E-state index < -0.39 is 0 Å². The maximum atomic E-state index is 11.9. The van der Waals surface area contributed by atoms with Gasteiger partial charge in [0.05, 0.1) is 16.1 Å². The summed E-state index contributed by atoms with van der Waals surface area (Å²) in [5, 5.41) is 1.96. The summed E-state index contributed by atoms with van der Waals surface area (Å²) >= 11 is 1.57. The van der Waals surface area contributed by atoms with Gasteiger partial charge in [0.1, 0.15) is 0 Å². The first-order valence-electron chi connectivity index (χ1n) is 4.86. The van der Waals surface area contributed by atoms with Gasteiger partial charge in [-0.15, -0.1) is 11.3 Å². The normalized spacial score (nSPS) is 10.4. The molecule has 0 fully saturated rings. The highest BCUT2D eigenvalue weighted by atomic mass is 32.1. The second-order valence-corrected chi connectivity index (χ2v) is 4.48. The molecule has 0 unspecified atom stereocenters. The molecule has 0 spiro atoms. The summed E-state index contributed by atoms with van der Waals surface area (Å²) in [6.07, 6.45) is 0. The first-order valence-corrected chi connectivity index (χ1v) is 5.74. The van der Waals surface area contributed by atoms with Crippen LogP contribution in [0.4, 0.5) is 0 Å². The van der Waals surface area contributed by atoms with Gasteiger partial charge in [-0.25, -0.2) is 0 Å². The van der Waals surface area contributed by atoms with Crippen LogP contribution in [0.1, 0.15) is 17.3 Å². The van der Waals surface area contributed by atoms with Crippen molar-refractivity contribution in [3.8, 4) is 10.6 Å². The molecule has 0 aliphatic carbocycles. The highest BCUT2D eigenvalue weighted by Gasteiger charge is 2.10. The van der Waals surface area contributed by atoms with Crippen LogP contribution in [-0.2, 0) is 7.05 Å². The van der Waals surface area contributed by atoms with E-state index in [0.29, 0.717) is 0 Å². The smallest absolute Gasteiger partial charge is 0.261 e. The Morgan fingerprint density at radius 1 is 1.31 bits per heavy atom. The van der Waals surface area contributed by atoms with E-state index in [1.54, 1.807) is 24.5 Å². The minimum atomic E-state index is -0.238. The summed E-state index contributed by atoms with van der Waals surface area (Å²) in [5.74, 6) is -0.196. The van der Waals surface area contributed by atoms with Gasteiger partial charge in [-0.1, -0.05) is 6.07 Å². The van der Waals surface area contributed by atoms with Gasteiger partial charge >= 0.3 is 0 Å². The van der Waals surface area contributed by atoms with E-state index in [0.717, 1.165) is 10.6 Å². The van der Waals surface area contributed by atoms with E-state index >= 15 is 0 Å². The highest BCUT2D eigenvalue weighted by Crippen LogP contribution is 2.22. The molecule has 0 atom stereocenters. The minimum Gasteiger partial charge on any atom is -0.310 e. The fourth-order valence-electron chi connectivity index (χ4n) is 1.58. The van der Waals surface area contributed by atoms with Crippen molar-refractivity contribution in [3.63, 3.8) is 0 Å². The van der Waals surface area contributed by atoms with Crippen LogP contribution in [0.2, 0.25) is 0 Å². The van der Waals surface area contributed by atoms with Gasteiger partial charge in [-0.3, -0.25) is 9.59 Å². The summed E-state index contributed by atoms with van der Waals surface area (Å²) in [5.41, 5.74) is 0.839. The number of carbonyl (C=O) groups is 1. The molecular weight excluding hydrogens is 222 g/mol. The standard InChI is InChI=1S/C12H11NO2S/c1-8(14)9-5-6-10(13(2)12(9)15)11-4-3-7-16-11/h3-7H,1-2H3. The van der Waals surface area contributed by atoms with Crippen molar-refractivity contribution in [2.75, 3.05) is 0 Å². The molecule has 0 radical (unpaired) electrons. The Labute approximate surface area is 97.0 Å². The van der Waals surface area contributed by atoms with Crippen molar-refractivity contribution in [2.45, 2.75) is 6.92 Å². The molecule has 0 aromatic carbocycles. The summed E-state index contributed by atoms with van der Waals surface area (Å²) < 4.78 is 1.52. The van der Waals surface area contributed by atoms with E-state index in [1.165, 1.54) is 11.5 Å². The number of hydrogen-bond donors (Lipinski definition) is 0. The molecule has 2 aromatic rings. The lowest BCUT2D eigenvalue weighted by Gasteiger charge is -2.07. The van der Waals surface area contributed by atoms with Crippen molar-refractivity contribution in [1.82, 2.24) is 4.57 Å². The zero-order chi connectivity index (χ0) is 11.7. The van der Waals surface area contributed by atoms with E-state index in [4.69, 9.17) is 0 Å². The van der Waals surface area contributed by atoms with Crippen LogP contribution in [0.25, 0.3) is 10.6 Å². The minimum absolute atomic E-state index is 0.196. The Morgan fingerprint density at radius 3 is 2.62 bits per heavy atom. The molecule has 0 bridgehead atoms. The number of carbonyl (C=O) groups excluding carboxylic acids is 1. The number of nitrogens with zero attached hydrogens (tertiary/aromatic N) is 1. The molecule has 0 aliphatic heterocycles. The monoisotopic (exact) mass is 233 g/mol. The first kappa shape index (κ1) is 10.8. The molecule has 16 heavy (non-hydrogen) atoms. The molecule has 0 saturated heterocycles. The van der Waals surface area contributed by atoms with Crippen LogP contribution in [0, 0.1) is 0 Å². The molecule has 82 valence electrons. The Morgan fingerprint density at radius 2 is 2.06 bits per heavy atom. The average Bonchev–Trinajstić information content (AvgIpc) is 2.74. The predicted molar refractivity (Wildman–Crippen MR) is 65.0 cm³/mol. The molecule has 0 amide bonds. The maximum Gasteiger partial charge on any atom is 0.261 e. The predicted octanol–water partition coefficient (Wildman–Crippen LogP) is 2.32. The highest BCUT2D eigenvalue weighted by molar-refractivity contribution is 7.13. The van der Waals surface area contributed by atoms with E-state index in [1.807, 2.05) is 23.6 Å². The largest absolute Gasteiger partial charge is 0.310 e. The summed E-state index contributed by atoms with van der Waals surface area (Å²) in [6.45, 7) is 1.40. The zero-order valence-corrected chi connectivity index (χ0v) is 9.88. The van der Waals surface area contributed by atoms with Crippen LogP contribution in [-0.4, -0.2) is 10.4 Å². The summed E-state index contributed by atoms with van der Waals surface area (Å²) in [4.78, 5) is 24.1. The van der Waals surface area contributed by atoms with Crippen LogP contribution in [0.15, 0.2) is 34.4 Å². The molecule has 4 heteroatoms. The summed E-state index contributed by atoms with van der Waals surface area (Å²) in [6, 6.07) is 7.29. The lowest BCUT2D eigenvalue weighted by atomic mass is 10.1. The van der Waals surface area contributed by atoms with Gasteiger partial charge in [0.25, 0.3) is 5.56 Å². The topological polar surface area (TPSA) is 39.1 Å². The van der Waals surface area contributed by atoms with Crippen molar-refractivity contribution in [3.05, 3.63) is 45.6 Å². The quantitative estimate of drug-likeness (QED) is 0.747. The number of Topliss-reactive ketones (excluding diaryl/α,β-unsaturated/α-hetero) is 1. The zero-order valence-electron chi connectivity index (χ0n) is 9.06. The van der Waals surface area contributed by atoms with Crippen LogP contribution < -0.4 is 5.56 Å². The lowest BCUT2D eigenvalue weighted by molar-refractivity contribution is 0.101. The fourth-order valence-corrected chi connectivity index (χ4v) is 2.36. The Kier molecular flexibility index (Phi) is 2.75. The number of aromatic nitrogens is 1. The van der Waals surface area contributed by atoms with E-state index in [2.05, 4.69) is 0 Å². The molecule has 0 saturated carbocycles. The molecule has 2 aromatic heterocycles. The fraction of sp³-hybridized carbons (Fsp3) is 0.167. The SMILES string of the molecule is CC(=O)c1ccc(-c2cccs2)n(C)c1=O. The summed E-state index contributed by atoms with van der Waals surface area (Å²) in [7, 11) is 1.68. The molecule has 3 nitrogen and oxygen atoms in total. The maximum absolute atomic E-state index is 11.9. The lowest BCUT2D eigenvalue weighted by Crippen LogP contribution is -2.24. The van der Waals surface area contributed by atoms with Crippen LogP contribution in [0.5, 0.6) is 0 Å². The number of ketones is 1. The van der Waals surface area contributed by atoms with Crippen molar-refractivity contribution < 1.29 is 4.79 Å². The van der Waals surface area contributed by atoms with Gasteiger partial charge in [-0.2, -0.15) is 0 Å². The molecule has 2 rings (SSSR count). The Balaban J connectivity index is 2.65. The van der Waals surface area contributed by atoms with Crippen LogP contribution >= 0.6 is 11.3 Å². The number of hydrogen-bond acceptors (Lipinski definition) is 3. The third kappa shape index (κ3) is 1.72. The van der Waals surface area contributed by atoms with Gasteiger partial charge in [0, 0.05) is 7.05 Å². The Hall–Kier alpha value is -1.68. The van der Waals surface area contributed by atoms with Gasteiger partial charge < -0.3 is 4.57 Å². The second kappa shape index (κ2) is 4.06. The molecular formula is C12H11NO2S. The first-order chi connectivity index (χ1) is 7.61. The number of pyridine rings is 1. The number of thiophene rings is 1. The van der Waals surface area contributed by atoms with Crippen molar-refractivity contribution in [1.29, 1.82) is 0 Å². The molecule has 0 aliphatic rings. The van der Waals surface area contributed by atoms with Crippen molar-refractivity contribution in [2.24, 2.45) is 7.05 Å². The average molecular weight is 233 g/mol. The number of rotatable bonds is 2.